The summed E-state index contributed by atoms with van der Waals surface area (Å²) >= 11 is 0. The quantitative estimate of drug-likeness (QED) is 0.647. The van der Waals surface area contributed by atoms with Crippen molar-refractivity contribution in [2.75, 3.05) is 6.61 Å². The van der Waals surface area contributed by atoms with E-state index in [1.54, 1.807) is 6.07 Å². The van der Waals surface area contributed by atoms with Crippen molar-refractivity contribution in [3.63, 3.8) is 0 Å². The normalized spacial score (nSPS) is 17.7. The van der Waals surface area contributed by atoms with Crippen LogP contribution in [-0.2, 0) is 10.3 Å². The first kappa shape index (κ1) is 20.5. The highest BCUT2D eigenvalue weighted by Gasteiger charge is 2.40. The Hall–Kier alpha value is -3.78. The van der Waals surface area contributed by atoms with E-state index < -0.39 is 5.54 Å². The molecule has 3 aromatic carbocycles. The Morgan fingerprint density at radius 2 is 1.74 bits per heavy atom. The second-order valence-electron chi connectivity index (χ2n) is 8.02. The van der Waals surface area contributed by atoms with E-state index in [-0.39, 0.29) is 12.1 Å². The van der Waals surface area contributed by atoms with Gasteiger partial charge >= 0.3 is 0 Å². The maximum atomic E-state index is 9.25. The molecule has 0 bridgehead atoms. The van der Waals surface area contributed by atoms with E-state index in [9.17, 15) is 5.26 Å². The van der Waals surface area contributed by atoms with Crippen molar-refractivity contribution in [2.45, 2.75) is 32.4 Å². The lowest BCUT2D eigenvalue weighted by Gasteiger charge is -2.27. The molecule has 0 spiro atoms. The molecule has 0 amide bonds. The molecule has 1 aliphatic rings. The van der Waals surface area contributed by atoms with Gasteiger partial charge in [0.1, 0.15) is 12.4 Å². The molecular weight excluding hydrogens is 386 g/mol. The number of nitriles is 1. The maximum Gasteiger partial charge on any atom is 0.283 e. The number of aliphatic imine (C=N–C) groups is 1. The van der Waals surface area contributed by atoms with Gasteiger partial charge in [-0.15, -0.1) is 0 Å². The van der Waals surface area contributed by atoms with Gasteiger partial charge < -0.3 is 15.2 Å². The molecule has 3 aromatic rings. The van der Waals surface area contributed by atoms with Crippen LogP contribution in [0.4, 0.5) is 0 Å². The molecule has 0 saturated heterocycles. The van der Waals surface area contributed by atoms with Gasteiger partial charge in [0.2, 0.25) is 0 Å². The zero-order valence-electron chi connectivity index (χ0n) is 17.9. The summed E-state index contributed by atoms with van der Waals surface area (Å²) in [6, 6.07) is 24.2. The molecule has 156 valence electrons. The summed E-state index contributed by atoms with van der Waals surface area (Å²) in [6.45, 7) is 6.38. The van der Waals surface area contributed by atoms with Crippen LogP contribution >= 0.6 is 0 Å². The Bertz CT molecular complexity index is 1190. The van der Waals surface area contributed by atoms with Crippen LogP contribution < -0.4 is 10.5 Å². The molecule has 1 unspecified atom stereocenters. The molecule has 0 aliphatic carbocycles. The maximum absolute atomic E-state index is 9.25. The molecule has 2 N–H and O–H groups in total. The second-order valence-corrected chi connectivity index (χ2v) is 8.02. The zero-order chi connectivity index (χ0) is 22.0. The molecule has 0 radical (unpaired) electrons. The molecule has 5 heteroatoms. The number of nitrogens with two attached hydrogens (primary N) is 1. The zero-order valence-corrected chi connectivity index (χ0v) is 17.9. The predicted molar refractivity (Wildman–Crippen MR) is 122 cm³/mol. The molecule has 31 heavy (non-hydrogen) atoms. The van der Waals surface area contributed by atoms with E-state index in [1.165, 1.54) is 0 Å². The fourth-order valence-corrected chi connectivity index (χ4v) is 3.91. The van der Waals surface area contributed by atoms with Crippen LogP contribution in [-0.4, -0.2) is 18.7 Å². The predicted octanol–water partition coefficient (Wildman–Crippen LogP) is 4.91. The van der Waals surface area contributed by atoms with Gasteiger partial charge in [-0.2, -0.15) is 5.26 Å². The molecular formula is C26H25N3O2. The van der Waals surface area contributed by atoms with Gasteiger partial charge in [-0.1, -0.05) is 36.4 Å². The summed E-state index contributed by atoms with van der Waals surface area (Å²) in [5.74, 6) is 0.854. The van der Waals surface area contributed by atoms with Crippen LogP contribution in [0.15, 0.2) is 71.7 Å². The van der Waals surface area contributed by atoms with Crippen molar-refractivity contribution >= 4 is 6.02 Å². The number of aryl methyl sites for hydroxylation is 1. The third-order valence-electron chi connectivity index (χ3n) is 5.41. The number of benzene rings is 3. The summed E-state index contributed by atoms with van der Waals surface area (Å²) in [4.78, 5) is 4.74. The van der Waals surface area contributed by atoms with Gasteiger partial charge in [0.25, 0.3) is 6.02 Å². The second kappa shape index (κ2) is 8.16. The van der Waals surface area contributed by atoms with Gasteiger partial charge in [-0.3, -0.25) is 0 Å². The lowest BCUT2D eigenvalue weighted by atomic mass is 9.82. The summed E-state index contributed by atoms with van der Waals surface area (Å²) in [5.41, 5.74) is 10.8. The molecule has 1 aliphatic heterocycles. The lowest BCUT2D eigenvalue weighted by Crippen LogP contribution is -2.27. The van der Waals surface area contributed by atoms with E-state index >= 15 is 0 Å². The SMILES string of the molecule is Cc1cc(C2(c3cccc(-c4cccc(C#N)c4)c3)COC(N)=N2)ccc1OC(C)C. The van der Waals surface area contributed by atoms with Gasteiger partial charge in [0.05, 0.1) is 17.7 Å². The number of rotatable bonds is 5. The van der Waals surface area contributed by atoms with Gasteiger partial charge in [-0.25, -0.2) is 4.99 Å². The Labute approximate surface area is 182 Å². The van der Waals surface area contributed by atoms with E-state index in [4.69, 9.17) is 20.2 Å². The summed E-state index contributed by atoms with van der Waals surface area (Å²) < 4.78 is 11.6. The van der Waals surface area contributed by atoms with E-state index in [1.807, 2.05) is 69.3 Å². The topological polar surface area (TPSA) is 80.6 Å². The Balaban J connectivity index is 1.81. The number of amidine groups is 1. The molecule has 5 nitrogen and oxygen atoms in total. The lowest BCUT2D eigenvalue weighted by molar-refractivity contribution is 0.240. The standard InChI is InChI=1S/C26H25N3O2/c1-17(2)31-24-11-10-23(12-18(24)3)26(16-30-25(28)29-26)22-9-5-8-21(14-22)20-7-4-6-19(13-20)15-27/h4-14,17H,16H2,1-3H3,(H2,28,29). The van der Waals surface area contributed by atoms with Crippen LogP contribution in [0.25, 0.3) is 11.1 Å². The van der Waals surface area contributed by atoms with Crippen molar-refractivity contribution in [3.05, 3.63) is 89.0 Å². The van der Waals surface area contributed by atoms with Crippen LogP contribution in [0.1, 0.15) is 36.1 Å². The monoisotopic (exact) mass is 411 g/mol. The van der Waals surface area contributed by atoms with Gasteiger partial charge in [-0.05, 0) is 78.9 Å². The minimum atomic E-state index is -0.742. The fourth-order valence-electron chi connectivity index (χ4n) is 3.91. The molecule has 0 fully saturated rings. The molecule has 0 aromatic heterocycles. The number of hydrogen-bond donors (Lipinski definition) is 1. The van der Waals surface area contributed by atoms with Crippen LogP contribution in [0, 0.1) is 18.3 Å². The van der Waals surface area contributed by atoms with Crippen LogP contribution in [0.3, 0.4) is 0 Å². The van der Waals surface area contributed by atoms with Crippen molar-refractivity contribution in [1.82, 2.24) is 0 Å². The molecule has 4 rings (SSSR count). The Kier molecular flexibility index (Phi) is 5.39. The van der Waals surface area contributed by atoms with Gasteiger partial charge in [0.15, 0.2) is 5.54 Å². The van der Waals surface area contributed by atoms with Gasteiger partial charge in [0, 0.05) is 0 Å². The minimum absolute atomic E-state index is 0.0999. The number of ether oxygens (including phenoxy) is 2. The number of nitrogens with zero attached hydrogens (tertiary/aromatic N) is 2. The average Bonchev–Trinajstić information content (AvgIpc) is 3.18. The first-order valence-corrected chi connectivity index (χ1v) is 10.3. The largest absolute Gasteiger partial charge is 0.491 e. The summed E-state index contributed by atoms with van der Waals surface area (Å²) in [5, 5.41) is 9.25. The Morgan fingerprint density at radius 3 is 2.39 bits per heavy atom. The summed E-state index contributed by atoms with van der Waals surface area (Å²) in [6.07, 6.45) is 0.0999. The third-order valence-corrected chi connectivity index (χ3v) is 5.41. The highest BCUT2D eigenvalue weighted by molar-refractivity contribution is 5.76. The van der Waals surface area contributed by atoms with Crippen molar-refractivity contribution in [2.24, 2.45) is 10.7 Å². The first-order valence-electron chi connectivity index (χ1n) is 10.3. The molecule has 1 atom stereocenters. The van der Waals surface area contributed by atoms with Crippen molar-refractivity contribution in [1.29, 1.82) is 5.26 Å². The molecule has 1 heterocycles. The van der Waals surface area contributed by atoms with Crippen LogP contribution in [0.5, 0.6) is 5.75 Å². The smallest absolute Gasteiger partial charge is 0.283 e. The minimum Gasteiger partial charge on any atom is -0.491 e. The highest BCUT2D eigenvalue weighted by Crippen LogP contribution is 2.40. The fraction of sp³-hybridized carbons (Fsp3) is 0.231. The highest BCUT2D eigenvalue weighted by atomic mass is 16.5. The molecule has 0 saturated carbocycles. The Morgan fingerprint density at radius 1 is 1.03 bits per heavy atom. The van der Waals surface area contributed by atoms with Crippen molar-refractivity contribution < 1.29 is 9.47 Å². The third kappa shape index (κ3) is 3.97. The van der Waals surface area contributed by atoms with E-state index in [2.05, 4.69) is 18.2 Å². The number of hydrogen-bond acceptors (Lipinski definition) is 5. The van der Waals surface area contributed by atoms with Crippen LogP contribution in [0.2, 0.25) is 0 Å². The van der Waals surface area contributed by atoms with E-state index in [0.717, 1.165) is 33.6 Å². The average molecular weight is 412 g/mol. The van der Waals surface area contributed by atoms with E-state index in [0.29, 0.717) is 12.2 Å². The van der Waals surface area contributed by atoms with Crippen molar-refractivity contribution in [3.8, 4) is 22.9 Å². The summed E-state index contributed by atoms with van der Waals surface area (Å²) in [7, 11) is 0. The first-order chi connectivity index (χ1) is 14.9.